The highest BCUT2D eigenvalue weighted by Crippen LogP contribution is 2.38. The van der Waals surface area contributed by atoms with Gasteiger partial charge in [-0.1, -0.05) is 0 Å². The van der Waals surface area contributed by atoms with Gasteiger partial charge in [-0.05, 0) is 0 Å². The molecule has 0 bridgehead atoms. The fourth-order valence-electron chi connectivity index (χ4n) is 0.842. The lowest BCUT2D eigenvalue weighted by atomic mass is 10.3. The number of aromatic hydroxyl groups is 2. The summed E-state index contributed by atoms with van der Waals surface area (Å²) in [7, 11) is 2.86. The number of ether oxygens (including phenoxy) is 2. The van der Waals surface area contributed by atoms with Crippen LogP contribution in [0.5, 0.6) is 23.0 Å². The number of hydrogen-bond acceptors (Lipinski definition) is 4. The Morgan fingerprint density at radius 2 is 1.75 bits per heavy atom. The first-order valence-corrected chi connectivity index (χ1v) is 3.33. The minimum absolute atomic E-state index is 0.187. The van der Waals surface area contributed by atoms with Crippen LogP contribution < -0.4 is 9.47 Å². The van der Waals surface area contributed by atoms with Crippen molar-refractivity contribution >= 4 is 0 Å². The molecule has 12 heavy (non-hydrogen) atoms. The van der Waals surface area contributed by atoms with Crippen molar-refractivity contribution in [2.75, 3.05) is 14.2 Å². The maximum absolute atomic E-state index is 9.19. The highest BCUT2D eigenvalue weighted by Gasteiger charge is 2.09. The van der Waals surface area contributed by atoms with Gasteiger partial charge in [0.15, 0.2) is 11.5 Å². The Morgan fingerprint density at radius 1 is 1.08 bits per heavy atom. The van der Waals surface area contributed by atoms with Crippen molar-refractivity contribution in [2.45, 2.75) is 0 Å². The molecule has 0 aliphatic carbocycles. The SMILES string of the molecule is COc1cc(O)c(O)c(OC)c1. The summed E-state index contributed by atoms with van der Waals surface area (Å²) in [4.78, 5) is 0. The first kappa shape index (κ1) is 8.52. The van der Waals surface area contributed by atoms with Crippen LogP contribution in [0.3, 0.4) is 0 Å². The molecule has 0 aliphatic heterocycles. The number of methoxy groups -OCH3 is 2. The number of phenolic OH excluding ortho intramolecular Hbond substituents is 2. The van der Waals surface area contributed by atoms with Gasteiger partial charge in [0.1, 0.15) is 5.75 Å². The third-order valence-corrected chi connectivity index (χ3v) is 1.48. The Morgan fingerprint density at radius 3 is 2.25 bits per heavy atom. The van der Waals surface area contributed by atoms with Crippen LogP contribution in [0.2, 0.25) is 0 Å². The molecule has 1 aromatic rings. The van der Waals surface area contributed by atoms with Crippen LogP contribution in [-0.2, 0) is 0 Å². The summed E-state index contributed by atoms with van der Waals surface area (Å²) in [6.07, 6.45) is 0. The highest BCUT2D eigenvalue weighted by molar-refractivity contribution is 5.54. The molecule has 1 rings (SSSR count). The monoisotopic (exact) mass is 170 g/mol. The van der Waals surface area contributed by atoms with Crippen molar-refractivity contribution in [3.8, 4) is 23.0 Å². The Kier molecular flexibility index (Phi) is 2.28. The fourth-order valence-corrected chi connectivity index (χ4v) is 0.842. The second-order valence-electron chi connectivity index (χ2n) is 2.20. The van der Waals surface area contributed by atoms with E-state index < -0.39 is 0 Å². The summed E-state index contributed by atoms with van der Waals surface area (Å²) in [5, 5.41) is 18.3. The van der Waals surface area contributed by atoms with E-state index in [1.807, 2.05) is 0 Å². The minimum Gasteiger partial charge on any atom is -0.504 e. The van der Waals surface area contributed by atoms with Crippen LogP contribution in [0.4, 0.5) is 0 Å². The van der Waals surface area contributed by atoms with Gasteiger partial charge in [0.05, 0.1) is 14.2 Å². The number of phenols is 2. The zero-order chi connectivity index (χ0) is 9.14. The van der Waals surface area contributed by atoms with Crippen molar-refractivity contribution < 1.29 is 19.7 Å². The largest absolute Gasteiger partial charge is 0.504 e. The minimum atomic E-state index is -0.279. The summed E-state index contributed by atoms with van der Waals surface area (Å²) in [5.41, 5.74) is 0. The van der Waals surface area contributed by atoms with E-state index in [1.165, 1.54) is 26.4 Å². The molecule has 0 saturated carbocycles. The smallest absolute Gasteiger partial charge is 0.200 e. The van der Waals surface area contributed by atoms with Crippen LogP contribution in [0.25, 0.3) is 0 Å². The molecular formula is C8H10O4. The van der Waals surface area contributed by atoms with Gasteiger partial charge in [0, 0.05) is 12.1 Å². The zero-order valence-corrected chi connectivity index (χ0v) is 6.87. The topological polar surface area (TPSA) is 58.9 Å². The molecule has 2 N–H and O–H groups in total. The number of benzene rings is 1. The van der Waals surface area contributed by atoms with E-state index in [0.29, 0.717) is 5.75 Å². The van der Waals surface area contributed by atoms with E-state index >= 15 is 0 Å². The van der Waals surface area contributed by atoms with Crippen LogP contribution in [0.15, 0.2) is 12.1 Å². The van der Waals surface area contributed by atoms with Gasteiger partial charge in [0.2, 0.25) is 5.75 Å². The van der Waals surface area contributed by atoms with Crippen LogP contribution in [-0.4, -0.2) is 24.4 Å². The van der Waals surface area contributed by atoms with Gasteiger partial charge in [-0.2, -0.15) is 0 Å². The maximum atomic E-state index is 9.19. The predicted octanol–water partition coefficient (Wildman–Crippen LogP) is 1.11. The van der Waals surface area contributed by atoms with Gasteiger partial charge < -0.3 is 19.7 Å². The van der Waals surface area contributed by atoms with Crippen molar-refractivity contribution in [1.29, 1.82) is 0 Å². The quantitative estimate of drug-likeness (QED) is 0.653. The van der Waals surface area contributed by atoms with Crippen molar-refractivity contribution in [3.63, 3.8) is 0 Å². The molecule has 0 aromatic heterocycles. The molecule has 4 heteroatoms. The maximum Gasteiger partial charge on any atom is 0.200 e. The number of hydrogen-bond donors (Lipinski definition) is 2. The molecule has 0 aliphatic rings. The summed E-state index contributed by atoms with van der Waals surface area (Å²) in [5.74, 6) is 0.0819. The molecule has 4 nitrogen and oxygen atoms in total. The Labute approximate surface area is 70.0 Å². The third kappa shape index (κ3) is 1.37. The van der Waals surface area contributed by atoms with E-state index in [4.69, 9.17) is 14.6 Å². The molecular weight excluding hydrogens is 160 g/mol. The lowest BCUT2D eigenvalue weighted by Crippen LogP contribution is -1.87. The first-order valence-electron chi connectivity index (χ1n) is 3.33. The summed E-state index contributed by atoms with van der Waals surface area (Å²) < 4.78 is 9.62. The first-order chi connectivity index (χ1) is 5.69. The average Bonchev–Trinajstić information content (AvgIpc) is 2.09. The lowest BCUT2D eigenvalue weighted by molar-refractivity contribution is 0.342. The second kappa shape index (κ2) is 3.21. The van der Waals surface area contributed by atoms with Crippen LogP contribution in [0.1, 0.15) is 0 Å². The molecule has 1 aromatic carbocycles. The van der Waals surface area contributed by atoms with Gasteiger partial charge in [-0.15, -0.1) is 0 Å². The molecule has 0 amide bonds. The van der Waals surface area contributed by atoms with Gasteiger partial charge in [-0.3, -0.25) is 0 Å². The van der Waals surface area contributed by atoms with Gasteiger partial charge >= 0.3 is 0 Å². The van der Waals surface area contributed by atoms with Crippen molar-refractivity contribution in [3.05, 3.63) is 12.1 Å². The standard InChI is InChI=1S/C8H10O4/c1-11-5-3-6(9)8(10)7(4-5)12-2/h3-4,9-10H,1-2H3. The molecule has 0 heterocycles. The normalized spacial score (nSPS) is 9.50. The molecule has 0 fully saturated rings. The molecule has 0 radical (unpaired) electrons. The lowest BCUT2D eigenvalue weighted by Gasteiger charge is -2.07. The van der Waals surface area contributed by atoms with Gasteiger partial charge in [0.25, 0.3) is 0 Å². The van der Waals surface area contributed by atoms with Crippen molar-refractivity contribution in [1.82, 2.24) is 0 Å². The third-order valence-electron chi connectivity index (χ3n) is 1.48. The predicted molar refractivity (Wildman–Crippen MR) is 42.9 cm³/mol. The second-order valence-corrected chi connectivity index (χ2v) is 2.20. The molecule has 0 saturated heterocycles. The Balaban J connectivity index is 3.19. The molecule has 0 atom stereocenters. The van der Waals surface area contributed by atoms with Crippen LogP contribution in [0, 0.1) is 0 Å². The Bertz CT molecular complexity index is 283. The summed E-state index contributed by atoms with van der Waals surface area (Å²) >= 11 is 0. The highest BCUT2D eigenvalue weighted by atomic mass is 16.5. The average molecular weight is 170 g/mol. The van der Waals surface area contributed by atoms with E-state index in [0.717, 1.165) is 0 Å². The van der Waals surface area contributed by atoms with E-state index in [2.05, 4.69) is 0 Å². The summed E-state index contributed by atoms with van der Waals surface area (Å²) in [6.45, 7) is 0. The fraction of sp³-hybridized carbons (Fsp3) is 0.250. The van der Waals surface area contributed by atoms with E-state index in [-0.39, 0.29) is 17.2 Å². The molecule has 0 spiro atoms. The Hall–Kier alpha value is -1.58. The summed E-state index contributed by atoms with van der Waals surface area (Å²) in [6, 6.07) is 2.78. The van der Waals surface area contributed by atoms with E-state index in [1.54, 1.807) is 0 Å². The molecule has 66 valence electrons. The van der Waals surface area contributed by atoms with E-state index in [9.17, 15) is 5.11 Å². The van der Waals surface area contributed by atoms with Crippen molar-refractivity contribution in [2.24, 2.45) is 0 Å². The molecule has 0 unspecified atom stereocenters. The number of rotatable bonds is 2. The van der Waals surface area contributed by atoms with Crippen LogP contribution >= 0.6 is 0 Å². The zero-order valence-electron chi connectivity index (χ0n) is 6.87. The van der Waals surface area contributed by atoms with Gasteiger partial charge in [-0.25, -0.2) is 0 Å².